The van der Waals surface area contributed by atoms with Crippen LogP contribution >= 0.6 is 0 Å². The molecule has 1 aliphatic rings. The predicted molar refractivity (Wildman–Crippen MR) is 49.8 cm³/mol. The van der Waals surface area contributed by atoms with E-state index in [9.17, 15) is 4.79 Å². The van der Waals surface area contributed by atoms with Crippen molar-refractivity contribution in [1.82, 2.24) is 19.6 Å². The molecule has 0 bridgehead atoms. The van der Waals surface area contributed by atoms with Crippen LogP contribution in [0.4, 0.5) is 4.79 Å². The number of nitrogens with two attached hydrogens (primary N) is 1. The Balaban J connectivity index is 2.15. The molecule has 0 unspecified atom stereocenters. The number of hydrogen-bond acceptors (Lipinski definition) is 4. The summed E-state index contributed by atoms with van der Waals surface area (Å²) < 4.78 is 1.41. The number of imidazole rings is 1. The molecule has 1 amide bonds. The summed E-state index contributed by atoms with van der Waals surface area (Å²) in [5, 5.41) is 3.19. The Morgan fingerprint density at radius 2 is 2.43 bits per heavy atom. The van der Waals surface area contributed by atoms with E-state index in [-0.39, 0.29) is 6.03 Å². The Hall–Kier alpha value is -1.98. The minimum Gasteiger partial charge on any atom is -0.399 e. The summed E-state index contributed by atoms with van der Waals surface area (Å²) in [7, 11) is 1.77. The van der Waals surface area contributed by atoms with Crippen LogP contribution in [0.15, 0.2) is 30.6 Å². The smallest absolute Gasteiger partial charge is 0.348 e. The van der Waals surface area contributed by atoms with Crippen molar-refractivity contribution in [3.8, 4) is 0 Å². The fourth-order valence-electron chi connectivity index (χ4n) is 1.34. The van der Waals surface area contributed by atoms with E-state index in [1.54, 1.807) is 30.7 Å². The molecular formula is C8H11N5O. The second-order valence-electron chi connectivity index (χ2n) is 3.09. The van der Waals surface area contributed by atoms with Crippen molar-refractivity contribution in [3.63, 3.8) is 0 Å². The summed E-state index contributed by atoms with van der Waals surface area (Å²) >= 11 is 0. The van der Waals surface area contributed by atoms with Gasteiger partial charge in [-0.05, 0) is 0 Å². The zero-order valence-electron chi connectivity index (χ0n) is 7.79. The molecule has 0 saturated carbocycles. The fraction of sp³-hybridized carbons (Fsp3) is 0.250. The number of amides is 1. The van der Waals surface area contributed by atoms with E-state index in [2.05, 4.69) is 4.98 Å². The van der Waals surface area contributed by atoms with Crippen molar-refractivity contribution in [1.29, 1.82) is 0 Å². The van der Waals surface area contributed by atoms with Gasteiger partial charge in [0.2, 0.25) is 0 Å². The number of carbonyl (C=O) groups excluding carboxylic acids is 1. The third kappa shape index (κ3) is 1.30. The lowest BCUT2D eigenvalue weighted by Gasteiger charge is -2.24. The summed E-state index contributed by atoms with van der Waals surface area (Å²) in [5.74, 6) is 0. The quantitative estimate of drug-likeness (QED) is 0.620. The summed E-state index contributed by atoms with van der Waals surface area (Å²) in [5.41, 5.74) is 6.27. The van der Waals surface area contributed by atoms with E-state index in [0.29, 0.717) is 12.2 Å². The summed E-state index contributed by atoms with van der Waals surface area (Å²) in [4.78, 5) is 15.6. The third-order valence-electron chi connectivity index (χ3n) is 2.01. The van der Waals surface area contributed by atoms with Gasteiger partial charge in [-0.15, -0.1) is 0 Å². The molecule has 0 saturated heterocycles. The molecule has 2 N–H and O–H groups in total. The van der Waals surface area contributed by atoms with Crippen LogP contribution in [0, 0.1) is 0 Å². The number of hydrogen-bond donors (Lipinski definition) is 1. The van der Waals surface area contributed by atoms with E-state index in [1.165, 1.54) is 15.9 Å². The molecule has 74 valence electrons. The number of aromatic nitrogens is 2. The van der Waals surface area contributed by atoms with Gasteiger partial charge in [0.25, 0.3) is 0 Å². The summed E-state index contributed by atoms with van der Waals surface area (Å²) in [6, 6.07) is -0.165. The maximum atomic E-state index is 11.8. The maximum Gasteiger partial charge on any atom is 0.348 e. The van der Waals surface area contributed by atoms with Crippen LogP contribution in [-0.4, -0.2) is 39.2 Å². The van der Waals surface area contributed by atoms with Crippen molar-refractivity contribution in [2.45, 2.75) is 0 Å². The molecule has 2 rings (SSSR count). The molecular weight excluding hydrogens is 182 g/mol. The van der Waals surface area contributed by atoms with Crippen LogP contribution in [0.5, 0.6) is 0 Å². The Labute approximate surface area is 81.2 Å². The van der Waals surface area contributed by atoms with Crippen LogP contribution in [0.25, 0.3) is 0 Å². The Kier molecular flexibility index (Phi) is 1.88. The molecule has 6 heteroatoms. The molecule has 0 aliphatic carbocycles. The van der Waals surface area contributed by atoms with Crippen LogP contribution in [0.1, 0.15) is 0 Å². The highest BCUT2D eigenvalue weighted by Crippen LogP contribution is 2.10. The van der Waals surface area contributed by atoms with Crippen LogP contribution < -0.4 is 5.73 Å². The minimum atomic E-state index is -0.165. The van der Waals surface area contributed by atoms with E-state index in [1.807, 2.05) is 0 Å². The van der Waals surface area contributed by atoms with Gasteiger partial charge in [-0.3, -0.25) is 9.58 Å². The second-order valence-corrected chi connectivity index (χ2v) is 3.09. The van der Waals surface area contributed by atoms with Crippen LogP contribution in [0.3, 0.4) is 0 Å². The van der Waals surface area contributed by atoms with Gasteiger partial charge < -0.3 is 5.73 Å². The SMILES string of the molecule is CN1C=C(N)CN1C(=O)n1ccnc1. The van der Waals surface area contributed by atoms with Gasteiger partial charge in [0.1, 0.15) is 6.33 Å². The average Bonchev–Trinajstić information content (AvgIpc) is 2.73. The van der Waals surface area contributed by atoms with Crippen LogP contribution in [-0.2, 0) is 0 Å². The van der Waals surface area contributed by atoms with Crippen LogP contribution in [0.2, 0.25) is 0 Å². The lowest BCUT2D eigenvalue weighted by atomic mass is 10.5. The van der Waals surface area contributed by atoms with Gasteiger partial charge in [-0.25, -0.2) is 14.8 Å². The van der Waals surface area contributed by atoms with Gasteiger partial charge in [0.05, 0.1) is 6.54 Å². The number of nitrogens with zero attached hydrogens (tertiary/aromatic N) is 4. The first-order chi connectivity index (χ1) is 6.68. The predicted octanol–water partition coefficient (Wildman–Crippen LogP) is -0.186. The highest BCUT2D eigenvalue weighted by molar-refractivity contribution is 5.76. The normalized spacial score (nSPS) is 15.9. The first-order valence-electron chi connectivity index (χ1n) is 4.17. The molecule has 1 aliphatic heterocycles. The minimum absolute atomic E-state index is 0.165. The van der Waals surface area contributed by atoms with Gasteiger partial charge in [-0.2, -0.15) is 0 Å². The largest absolute Gasteiger partial charge is 0.399 e. The lowest BCUT2D eigenvalue weighted by Crippen LogP contribution is -2.40. The zero-order valence-corrected chi connectivity index (χ0v) is 7.79. The zero-order chi connectivity index (χ0) is 10.1. The van der Waals surface area contributed by atoms with E-state index in [0.717, 1.165) is 0 Å². The molecule has 1 aromatic heterocycles. The highest BCUT2D eigenvalue weighted by Gasteiger charge is 2.23. The van der Waals surface area contributed by atoms with Crippen molar-refractivity contribution in [2.75, 3.05) is 13.6 Å². The van der Waals surface area contributed by atoms with Crippen molar-refractivity contribution in [2.24, 2.45) is 5.73 Å². The fourth-order valence-corrected chi connectivity index (χ4v) is 1.34. The molecule has 6 nitrogen and oxygen atoms in total. The number of carbonyl (C=O) groups is 1. The summed E-state index contributed by atoms with van der Waals surface area (Å²) in [6.45, 7) is 0.424. The molecule has 0 aromatic carbocycles. The van der Waals surface area contributed by atoms with Gasteiger partial charge in [-0.1, -0.05) is 0 Å². The van der Waals surface area contributed by atoms with Crippen molar-refractivity contribution >= 4 is 6.03 Å². The van der Waals surface area contributed by atoms with E-state index in [4.69, 9.17) is 5.73 Å². The molecule has 2 heterocycles. The topological polar surface area (TPSA) is 67.4 Å². The van der Waals surface area contributed by atoms with E-state index < -0.39 is 0 Å². The van der Waals surface area contributed by atoms with Gasteiger partial charge in [0.15, 0.2) is 0 Å². The monoisotopic (exact) mass is 193 g/mol. The van der Waals surface area contributed by atoms with Gasteiger partial charge in [0, 0.05) is 31.3 Å². The van der Waals surface area contributed by atoms with Crippen molar-refractivity contribution in [3.05, 3.63) is 30.6 Å². The Morgan fingerprint density at radius 1 is 1.64 bits per heavy atom. The molecule has 0 spiro atoms. The Morgan fingerprint density at radius 3 is 2.93 bits per heavy atom. The molecule has 1 aromatic rings. The standard InChI is InChI=1S/C8H11N5O/c1-11-4-7(9)5-13(11)8(14)12-3-2-10-6-12/h2-4,6H,5,9H2,1H3. The molecule has 0 radical (unpaired) electrons. The first kappa shape index (κ1) is 8.61. The Bertz CT molecular complexity index is 369. The molecule has 14 heavy (non-hydrogen) atoms. The molecule has 0 fully saturated rings. The number of hydrazine groups is 1. The second kappa shape index (κ2) is 3.06. The lowest BCUT2D eigenvalue weighted by molar-refractivity contribution is 0.108. The average molecular weight is 193 g/mol. The summed E-state index contributed by atoms with van der Waals surface area (Å²) in [6.07, 6.45) is 6.34. The third-order valence-corrected chi connectivity index (χ3v) is 2.01. The van der Waals surface area contributed by atoms with Gasteiger partial charge >= 0.3 is 6.03 Å². The molecule has 0 atom stereocenters. The number of rotatable bonds is 0. The highest BCUT2D eigenvalue weighted by atomic mass is 16.2. The van der Waals surface area contributed by atoms with E-state index >= 15 is 0 Å². The first-order valence-corrected chi connectivity index (χ1v) is 4.17. The van der Waals surface area contributed by atoms with Crippen molar-refractivity contribution < 1.29 is 4.79 Å². The maximum absolute atomic E-state index is 11.8.